The number of carbonyl (C=O) groups is 2. The number of rotatable bonds is 6. The molecule has 0 aliphatic carbocycles. The largest absolute Gasteiger partial charge is 0.462 e. The Morgan fingerprint density at radius 1 is 1.08 bits per heavy atom. The molecule has 0 radical (unpaired) electrons. The third-order valence-electron chi connectivity index (χ3n) is 3.53. The van der Waals surface area contributed by atoms with Gasteiger partial charge in [-0.05, 0) is 25.5 Å². The zero-order valence-corrected chi connectivity index (χ0v) is 14.1. The normalized spacial score (nSPS) is 19.7. The molecule has 0 saturated carbocycles. The zero-order chi connectivity index (χ0) is 19.4. The molecule has 0 N–H and O–H groups in total. The van der Waals surface area contributed by atoms with Crippen LogP contribution in [0.4, 0.5) is 13.2 Å². The summed E-state index contributed by atoms with van der Waals surface area (Å²) in [4.78, 5) is 23.9. The van der Waals surface area contributed by atoms with Crippen molar-refractivity contribution < 1.29 is 37.0 Å². The van der Waals surface area contributed by atoms with E-state index in [-0.39, 0.29) is 13.2 Å². The summed E-state index contributed by atoms with van der Waals surface area (Å²) in [6, 6.07) is 8.17. The van der Waals surface area contributed by atoms with Gasteiger partial charge >= 0.3 is 18.1 Å². The van der Waals surface area contributed by atoms with Gasteiger partial charge in [0.2, 0.25) is 5.76 Å². The van der Waals surface area contributed by atoms with Crippen molar-refractivity contribution in [1.82, 2.24) is 0 Å². The molecule has 140 valence electrons. The first-order valence-corrected chi connectivity index (χ1v) is 7.85. The molecule has 0 spiro atoms. The first kappa shape index (κ1) is 19.6. The standard InChI is InChI=1S/C18H17F3O5/c1-3-24-15(22)13-14(16(23)25-4-2)26-17(13,18(19,20)21)11-10-12-8-6-5-7-9-12/h5-11H,3-4H2,1-2H3/b11-10+. The summed E-state index contributed by atoms with van der Waals surface area (Å²) in [5.74, 6) is -3.22. The van der Waals surface area contributed by atoms with E-state index in [0.29, 0.717) is 11.6 Å². The van der Waals surface area contributed by atoms with E-state index in [1.807, 2.05) is 0 Å². The van der Waals surface area contributed by atoms with Gasteiger partial charge in [0.15, 0.2) is 0 Å². The second kappa shape index (κ2) is 7.63. The highest BCUT2D eigenvalue weighted by atomic mass is 19.4. The minimum absolute atomic E-state index is 0.0827. The second-order valence-electron chi connectivity index (χ2n) is 5.22. The Morgan fingerprint density at radius 3 is 2.19 bits per heavy atom. The number of halogens is 3. The lowest BCUT2D eigenvalue weighted by Gasteiger charge is -2.42. The molecule has 1 aliphatic heterocycles. The molecule has 8 heteroatoms. The maximum absolute atomic E-state index is 13.8. The van der Waals surface area contributed by atoms with E-state index >= 15 is 0 Å². The molecule has 1 unspecified atom stereocenters. The van der Waals surface area contributed by atoms with Crippen LogP contribution in [0.3, 0.4) is 0 Å². The molecule has 0 bridgehead atoms. The van der Waals surface area contributed by atoms with Gasteiger partial charge in [0.25, 0.3) is 5.60 Å². The lowest BCUT2D eigenvalue weighted by molar-refractivity contribution is -0.252. The van der Waals surface area contributed by atoms with E-state index in [1.54, 1.807) is 30.3 Å². The van der Waals surface area contributed by atoms with Gasteiger partial charge in [0.05, 0.1) is 13.2 Å². The smallest absolute Gasteiger partial charge is 0.436 e. The molecule has 0 fully saturated rings. The van der Waals surface area contributed by atoms with Crippen molar-refractivity contribution in [1.29, 1.82) is 0 Å². The number of hydrogen-bond donors (Lipinski definition) is 0. The summed E-state index contributed by atoms with van der Waals surface area (Å²) in [5, 5.41) is 0. The summed E-state index contributed by atoms with van der Waals surface area (Å²) in [6.45, 7) is 2.68. The molecule has 5 nitrogen and oxygen atoms in total. The quantitative estimate of drug-likeness (QED) is 0.718. The Balaban J connectivity index is 2.52. The minimum atomic E-state index is -4.99. The Kier molecular flexibility index (Phi) is 5.74. The van der Waals surface area contributed by atoms with Crippen molar-refractivity contribution in [3.05, 3.63) is 53.3 Å². The van der Waals surface area contributed by atoms with Crippen molar-refractivity contribution in [3.8, 4) is 0 Å². The van der Waals surface area contributed by atoms with Crippen molar-refractivity contribution in [2.24, 2.45) is 0 Å². The maximum Gasteiger partial charge on any atom is 0.436 e. The molecule has 0 aromatic heterocycles. The van der Waals surface area contributed by atoms with Gasteiger partial charge in [0, 0.05) is 0 Å². The highest BCUT2D eigenvalue weighted by Gasteiger charge is 2.69. The SMILES string of the molecule is CCOC(=O)C1=C(C(=O)OCC)C(/C=C/c2ccccc2)(C(F)(F)F)O1. The Morgan fingerprint density at radius 2 is 1.65 bits per heavy atom. The molecule has 26 heavy (non-hydrogen) atoms. The lowest BCUT2D eigenvalue weighted by Crippen LogP contribution is -2.57. The van der Waals surface area contributed by atoms with Crippen molar-refractivity contribution in [2.75, 3.05) is 13.2 Å². The van der Waals surface area contributed by atoms with Crippen LogP contribution in [-0.2, 0) is 23.8 Å². The van der Waals surface area contributed by atoms with E-state index in [1.165, 1.54) is 13.8 Å². The van der Waals surface area contributed by atoms with Crippen LogP contribution >= 0.6 is 0 Å². The van der Waals surface area contributed by atoms with Crippen LogP contribution in [0, 0.1) is 0 Å². The monoisotopic (exact) mass is 370 g/mol. The van der Waals surface area contributed by atoms with E-state index in [9.17, 15) is 22.8 Å². The fourth-order valence-corrected chi connectivity index (χ4v) is 2.36. The Labute approximate surface area is 148 Å². The molecule has 1 aromatic rings. The van der Waals surface area contributed by atoms with Gasteiger partial charge in [0.1, 0.15) is 5.57 Å². The number of carbonyl (C=O) groups excluding carboxylic acids is 2. The van der Waals surface area contributed by atoms with E-state index in [2.05, 4.69) is 9.47 Å². The van der Waals surface area contributed by atoms with Crippen LogP contribution in [0.2, 0.25) is 0 Å². The summed E-state index contributed by atoms with van der Waals surface area (Å²) in [6.07, 6.45) is -3.14. The molecule has 0 amide bonds. The van der Waals surface area contributed by atoms with Crippen molar-refractivity contribution in [2.45, 2.75) is 25.6 Å². The van der Waals surface area contributed by atoms with E-state index in [0.717, 1.165) is 6.08 Å². The van der Waals surface area contributed by atoms with Crippen molar-refractivity contribution in [3.63, 3.8) is 0 Å². The zero-order valence-electron chi connectivity index (χ0n) is 14.1. The maximum atomic E-state index is 13.8. The van der Waals surface area contributed by atoms with E-state index in [4.69, 9.17) is 4.74 Å². The summed E-state index contributed by atoms with van der Waals surface area (Å²) in [5.41, 5.74) is -3.53. The van der Waals surface area contributed by atoms with E-state index < -0.39 is 35.0 Å². The van der Waals surface area contributed by atoms with Crippen LogP contribution in [0.15, 0.2) is 47.7 Å². The molecule has 1 aromatic carbocycles. The first-order chi connectivity index (χ1) is 12.3. The summed E-state index contributed by atoms with van der Waals surface area (Å²) >= 11 is 0. The molecule has 1 atom stereocenters. The predicted molar refractivity (Wildman–Crippen MR) is 85.6 cm³/mol. The van der Waals surface area contributed by atoms with Crippen LogP contribution in [0.1, 0.15) is 19.4 Å². The number of hydrogen-bond acceptors (Lipinski definition) is 5. The first-order valence-electron chi connectivity index (χ1n) is 7.85. The van der Waals surface area contributed by atoms with Gasteiger partial charge < -0.3 is 14.2 Å². The van der Waals surface area contributed by atoms with Gasteiger partial charge in [-0.3, -0.25) is 0 Å². The molecule has 1 heterocycles. The van der Waals surface area contributed by atoms with Crippen molar-refractivity contribution >= 4 is 18.0 Å². The summed E-state index contributed by atoms with van der Waals surface area (Å²) in [7, 11) is 0. The highest BCUT2D eigenvalue weighted by molar-refractivity contribution is 6.04. The molecule has 1 aliphatic rings. The molecule has 0 saturated heterocycles. The average Bonchev–Trinajstić information content (AvgIpc) is 2.54. The third kappa shape index (κ3) is 3.58. The predicted octanol–water partition coefficient (Wildman–Crippen LogP) is 3.41. The minimum Gasteiger partial charge on any atom is -0.462 e. The number of alkyl halides is 3. The fourth-order valence-electron chi connectivity index (χ4n) is 2.36. The molecular formula is C18H17F3O5. The Hall–Kier alpha value is -2.77. The summed E-state index contributed by atoms with van der Waals surface area (Å²) < 4.78 is 55.4. The second-order valence-corrected chi connectivity index (χ2v) is 5.22. The van der Waals surface area contributed by atoms with Gasteiger partial charge in [-0.15, -0.1) is 0 Å². The molecule has 2 rings (SSSR count). The van der Waals surface area contributed by atoms with Crippen LogP contribution in [-0.4, -0.2) is 36.9 Å². The topological polar surface area (TPSA) is 61.8 Å². The number of esters is 2. The van der Waals surface area contributed by atoms with Crippen LogP contribution < -0.4 is 0 Å². The fraction of sp³-hybridized carbons (Fsp3) is 0.333. The lowest BCUT2D eigenvalue weighted by atomic mass is 9.85. The van der Waals surface area contributed by atoms with Gasteiger partial charge in [-0.2, -0.15) is 13.2 Å². The van der Waals surface area contributed by atoms with Gasteiger partial charge in [-0.25, -0.2) is 9.59 Å². The average molecular weight is 370 g/mol. The number of benzene rings is 1. The van der Waals surface area contributed by atoms with Crippen LogP contribution in [0.5, 0.6) is 0 Å². The highest BCUT2D eigenvalue weighted by Crippen LogP contribution is 2.51. The Bertz CT molecular complexity index is 737. The third-order valence-corrected chi connectivity index (χ3v) is 3.53. The number of ether oxygens (including phenoxy) is 3. The van der Waals surface area contributed by atoms with Crippen LogP contribution in [0.25, 0.3) is 6.08 Å². The van der Waals surface area contributed by atoms with Gasteiger partial charge in [-0.1, -0.05) is 36.4 Å². The molecular weight excluding hydrogens is 353 g/mol.